The molecular formula is C17H10F2INO3. The molecular weight excluding hydrogens is 431 g/mol. The Labute approximate surface area is 149 Å². The Morgan fingerprint density at radius 3 is 2.58 bits per heavy atom. The smallest absolute Gasteiger partial charge is 0.387 e. The van der Waals surface area contributed by atoms with Crippen molar-refractivity contribution in [2.45, 2.75) is 6.61 Å². The lowest BCUT2D eigenvalue weighted by atomic mass is 10.1. The van der Waals surface area contributed by atoms with Gasteiger partial charge in [0.25, 0.3) is 0 Å². The maximum Gasteiger partial charge on any atom is 0.387 e. The number of alkyl halides is 2. The standard InChI is InChI=1S/C17H10F2INO3/c18-17(19)23-14-8-4-1-5-10(14)9-13-16(22)24-15(21-13)11-6-2-3-7-12(11)20/h1-9,17H. The van der Waals surface area contributed by atoms with Crippen LogP contribution in [-0.4, -0.2) is 18.5 Å². The van der Waals surface area contributed by atoms with Crippen LogP contribution in [0.1, 0.15) is 11.1 Å². The molecule has 0 spiro atoms. The average Bonchev–Trinajstić information content (AvgIpc) is 2.90. The quantitative estimate of drug-likeness (QED) is 0.406. The largest absolute Gasteiger partial charge is 0.434 e. The molecule has 0 amide bonds. The van der Waals surface area contributed by atoms with Crippen LogP contribution in [0.15, 0.2) is 59.2 Å². The van der Waals surface area contributed by atoms with Gasteiger partial charge in [-0.3, -0.25) is 0 Å². The monoisotopic (exact) mass is 441 g/mol. The van der Waals surface area contributed by atoms with Gasteiger partial charge in [0, 0.05) is 9.13 Å². The Morgan fingerprint density at radius 1 is 1.12 bits per heavy atom. The summed E-state index contributed by atoms with van der Waals surface area (Å²) in [5.41, 5.74) is 1.03. The number of nitrogens with zero attached hydrogens (tertiary/aromatic N) is 1. The predicted octanol–water partition coefficient (Wildman–Crippen LogP) is 4.24. The minimum Gasteiger partial charge on any atom is -0.434 e. The van der Waals surface area contributed by atoms with Crippen molar-refractivity contribution in [3.63, 3.8) is 0 Å². The van der Waals surface area contributed by atoms with Crippen LogP contribution in [0.25, 0.3) is 6.08 Å². The summed E-state index contributed by atoms with van der Waals surface area (Å²) in [7, 11) is 0. The number of esters is 1. The van der Waals surface area contributed by atoms with Gasteiger partial charge < -0.3 is 9.47 Å². The van der Waals surface area contributed by atoms with Crippen molar-refractivity contribution in [3.8, 4) is 5.75 Å². The van der Waals surface area contributed by atoms with Crippen LogP contribution in [0.5, 0.6) is 5.75 Å². The molecule has 0 unspecified atom stereocenters. The zero-order valence-electron chi connectivity index (χ0n) is 12.1. The predicted molar refractivity (Wildman–Crippen MR) is 92.8 cm³/mol. The van der Waals surface area contributed by atoms with Crippen LogP contribution >= 0.6 is 22.6 Å². The third-order valence-electron chi connectivity index (χ3n) is 3.15. The molecule has 0 atom stereocenters. The van der Waals surface area contributed by atoms with E-state index in [9.17, 15) is 13.6 Å². The van der Waals surface area contributed by atoms with E-state index in [-0.39, 0.29) is 17.3 Å². The molecule has 0 fully saturated rings. The molecule has 1 heterocycles. The molecule has 0 N–H and O–H groups in total. The SMILES string of the molecule is O=C1OC(c2ccccc2I)=NC1=Cc1ccccc1OC(F)F. The van der Waals surface area contributed by atoms with Crippen LogP contribution < -0.4 is 4.74 Å². The molecule has 0 aromatic heterocycles. The summed E-state index contributed by atoms with van der Waals surface area (Å²) in [5, 5.41) is 0. The summed E-state index contributed by atoms with van der Waals surface area (Å²) >= 11 is 2.11. The molecule has 7 heteroatoms. The van der Waals surface area contributed by atoms with E-state index in [2.05, 4.69) is 32.3 Å². The second-order valence-electron chi connectivity index (χ2n) is 4.73. The fourth-order valence-electron chi connectivity index (χ4n) is 2.11. The molecule has 2 aromatic rings. The Kier molecular flexibility index (Phi) is 4.89. The number of hydrogen-bond donors (Lipinski definition) is 0. The van der Waals surface area contributed by atoms with E-state index < -0.39 is 12.6 Å². The maximum atomic E-state index is 12.5. The lowest BCUT2D eigenvalue weighted by Crippen LogP contribution is -2.07. The number of ether oxygens (including phenoxy) is 2. The van der Waals surface area contributed by atoms with E-state index in [1.54, 1.807) is 30.3 Å². The molecule has 0 aliphatic carbocycles. The number of carbonyl (C=O) groups excluding carboxylic acids is 1. The number of cyclic esters (lactones) is 1. The molecule has 1 aliphatic heterocycles. The van der Waals surface area contributed by atoms with Crippen LogP contribution in [-0.2, 0) is 9.53 Å². The summed E-state index contributed by atoms with van der Waals surface area (Å²) < 4.78 is 35.4. The number of benzene rings is 2. The fourth-order valence-corrected chi connectivity index (χ4v) is 2.73. The number of aliphatic imine (C=N–C) groups is 1. The van der Waals surface area contributed by atoms with Gasteiger partial charge in [-0.05, 0) is 46.9 Å². The van der Waals surface area contributed by atoms with Gasteiger partial charge >= 0.3 is 12.6 Å². The van der Waals surface area contributed by atoms with Gasteiger partial charge in [-0.25, -0.2) is 9.79 Å². The first-order valence-corrected chi connectivity index (χ1v) is 7.94. The van der Waals surface area contributed by atoms with Gasteiger partial charge in [0.2, 0.25) is 5.90 Å². The first-order chi connectivity index (χ1) is 11.5. The first kappa shape index (κ1) is 16.6. The highest BCUT2D eigenvalue weighted by Crippen LogP contribution is 2.26. The van der Waals surface area contributed by atoms with Gasteiger partial charge in [0.15, 0.2) is 5.70 Å². The summed E-state index contributed by atoms with van der Waals surface area (Å²) in [6.07, 6.45) is 1.36. The Balaban J connectivity index is 1.97. The zero-order valence-corrected chi connectivity index (χ0v) is 14.2. The number of para-hydroxylation sites is 1. The average molecular weight is 441 g/mol. The molecule has 0 saturated heterocycles. The van der Waals surface area contributed by atoms with Crippen molar-refractivity contribution in [1.29, 1.82) is 0 Å². The van der Waals surface area contributed by atoms with E-state index in [1.165, 1.54) is 12.1 Å². The second-order valence-corrected chi connectivity index (χ2v) is 5.89. The molecule has 0 radical (unpaired) electrons. The summed E-state index contributed by atoms with van der Waals surface area (Å²) in [6.45, 7) is -2.95. The van der Waals surface area contributed by atoms with E-state index >= 15 is 0 Å². The first-order valence-electron chi connectivity index (χ1n) is 6.86. The maximum absolute atomic E-state index is 12.5. The fraction of sp³-hybridized carbons (Fsp3) is 0.0588. The van der Waals surface area contributed by atoms with Crippen molar-refractivity contribution in [2.24, 2.45) is 4.99 Å². The van der Waals surface area contributed by atoms with Gasteiger partial charge in [-0.1, -0.05) is 30.3 Å². The summed E-state index contributed by atoms with van der Waals surface area (Å²) in [5.74, 6) is -0.495. The van der Waals surface area contributed by atoms with Crippen molar-refractivity contribution in [2.75, 3.05) is 0 Å². The van der Waals surface area contributed by atoms with Crippen molar-refractivity contribution < 1.29 is 23.0 Å². The number of hydrogen-bond acceptors (Lipinski definition) is 4. The number of rotatable bonds is 4. The zero-order chi connectivity index (χ0) is 17.1. The summed E-state index contributed by atoms with van der Waals surface area (Å²) in [6, 6.07) is 13.5. The van der Waals surface area contributed by atoms with E-state index in [1.807, 2.05) is 12.1 Å². The molecule has 0 bridgehead atoms. The van der Waals surface area contributed by atoms with Crippen LogP contribution in [0.3, 0.4) is 0 Å². The highest BCUT2D eigenvalue weighted by atomic mass is 127. The van der Waals surface area contributed by atoms with Crippen molar-refractivity contribution in [3.05, 3.63) is 68.9 Å². The third kappa shape index (κ3) is 3.61. The minimum absolute atomic E-state index is 0.0231. The van der Waals surface area contributed by atoms with Gasteiger partial charge in [-0.2, -0.15) is 8.78 Å². The van der Waals surface area contributed by atoms with E-state index in [0.29, 0.717) is 11.1 Å². The minimum atomic E-state index is -2.95. The summed E-state index contributed by atoms with van der Waals surface area (Å²) in [4.78, 5) is 16.2. The molecule has 122 valence electrons. The number of halogens is 3. The lowest BCUT2D eigenvalue weighted by molar-refractivity contribution is -0.129. The lowest BCUT2D eigenvalue weighted by Gasteiger charge is -2.07. The van der Waals surface area contributed by atoms with E-state index in [0.717, 1.165) is 3.57 Å². The third-order valence-corrected chi connectivity index (χ3v) is 4.09. The normalized spacial score (nSPS) is 15.6. The second kappa shape index (κ2) is 7.08. The van der Waals surface area contributed by atoms with Gasteiger partial charge in [0.05, 0.1) is 5.56 Å². The van der Waals surface area contributed by atoms with Gasteiger partial charge in [-0.15, -0.1) is 0 Å². The molecule has 3 rings (SSSR count). The highest BCUT2D eigenvalue weighted by molar-refractivity contribution is 14.1. The topological polar surface area (TPSA) is 47.9 Å². The molecule has 24 heavy (non-hydrogen) atoms. The molecule has 0 saturated carbocycles. The van der Waals surface area contributed by atoms with Gasteiger partial charge in [0.1, 0.15) is 5.75 Å². The molecule has 2 aromatic carbocycles. The molecule has 4 nitrogen and oxygen atoms in total. The Hall–Kier alpha value is -2.29. The van der Waals surface area contributed by atoms with Crippen LogP contribution in [0, 0.1) is 3.57 Å². The Morgan fingerprint density at radius 2 is 1.83 bits per heavy atom. The van der Waals surface area contributed by atoms with E-state index in [4.69, 9.17) is 4.74 Å². The highest BCUT2D eigenvalue weighted by Gasteiger charge is 2.25. The van der Waals surface area contributed by atoms with Crippen LogP contribution in [0.4, 0.5) is 8.78 Å². The molecule has 1 aliphatic rings. The number of carbonyl (C=O) groups is 1. The Bertz CT molecular complexity index is 849. The van der Waals surface area contributed by atoms with Crippen molar-refractivity contribution in [1.82, 2.24) is 0 Å². The van der Waals surface area contributed by atoms with Crippen molar-refractivity contribution >= 4 is 40.5 Å². The van der Waals surface area contributed by atoms with Crippen LogP contribution in [0.2, 0.25) is 0 Å².